The Morgan fingerprint density at radius 3 is 2.75 bits per heavy atom. The first-order chi connectivity index (χ1) is 9.74. The molecule has 20 heavy (non-hydrogen) atoms. The van der Waals surface area contributed by atoms with Gasteiger partial charge in [-0.05, 0) is 12.1 Å². The molecular formula is C12H7BrN6O. The van der Waals surface area contributed by atoms with Crippen molar-refractivity contribution in [2.45, 2.75) is 0 Å². The molecule has 4 aromatic rings. The highest BCUT2D eigenvalue weighted by molar-refractivity contribution is 9.10. The molecule has 0 radical (unpaired) electrons. The molecule has 0 aliphatic heterocycles. The van der Waals surface area contributed by atoms with E-state index in [1.165, 1.54) is 4.40 Å². The van der Waals surface area contributed by atoms with Crippen LogP contribution in [0.5, 0.6) is 0 Å². The summed E-state index contributed by atoms with van der Waals surface area (Å²) in [4.78, 5) is 14.9. The summed E-state index contributed by atoms with van der Waals surface area (Å²) in [5.41, 5.74) is 1.53. The molecule has 0 amide bonds. The van der Waals surface area contributed by atoms with Gasteiger partial charge in [0, 0.05) is 10.0 Å². The van der Waals surface area contributed by atoms with Gasteiger partial charge in [0.2, 0.25) is 0 Å². The van der Waals surface area contributed by atoms with E-state index in [1.54, 1.807) is 6.20 Å². The molecule has 0 fully saturated rings. The van der Waals surface area contributed by atoms with Gasteiger partial charge in [0.1, 0.15) is 5.65 Å². The molecule has 2 N–H and O–H groups in total. The minimum absolute atomic E-state index is 0.306. The zero-order valence-electron chi connectivity index (χ0n) is 9.96. The van der Waals surface area contributed by atoms with Gasteiger partial charge in [-0.25, -0.2) is 9.20 Å². The van der Waals surface area contributed by atoms with E-state index >= 15 is 0 Å². The Labute approximate surface area is 119 Å². The number of fused-ring (bicyclic) bond motifs is 3. The highest BCUT2D eigenvalue weighted by Crippen LogP contribution is 2.21. The standard InChI is InChI=1S/C12H7BrN6O/c13-7-3-1-6(2-4-7)10-17-18-11-8-5-14-16-9(8)15-12(20)19(10)11/h1-5H,(H2,14,15,16,20). The van der Waals surface area contributed by atoms with E-state index in [9.17, 15) is 4.79 Å². The molecule has 0 saturated heterocycles. The Bertz CT molecular complexity index is 981. The fourth-order valence-corrected chi connectivity index (χ4v) is 2.42. The van der Waals surface area contributed by atoms with E-state index < -0.39 is 0 Å². The predicted octanol–water partition coefficient (Wildman–Crippen LogP) is 1.72. The summed E-state index contributed by atoms with van der Waals surface area (Å²) in [6.45, 7) is 0. The van der Waals surface area contributed by atoms with Crippen LogP contribution in [0.15, 0.2) is 39.7 Å². The minimum atomic E-state index is -0.306. The third-order valence-corrected chi connectivity index (χ3v) is 3.61. The molecule has 7 nitrogen and oxygen atoms in total. The summed E-state index contributed by atoms with van der Waals surface area (Å²) in [5, 5.41) is 15.6. The van der Waals surface area contributed by atoms with Gasteiger partial charge in [-0.15, -0.1) is 10.2 Å². The lowest BCUT2D eigenvalue weighted by molar-refractivity contribution is 1.01. The lowest BCUT2D eigenvalue weighted by Gasteiger charge is -1.99. The highest BCUT2D eigenvalue weighted by atomic mass is 79.9. The van der Waals surface area contributed by atoms with Crippen LogP contribution in [-0.4, -0.2) is 29.8 Å². The average Bonchev–Trinajstić information content (AvgIpc) is 3.05. The lowest BCUT2D eigenvalue weighted by Crippen LogP contribution is -2.17. The summed E-state index contributed by atoms with van der Waals surface area (Å²) in [5.74, 6) is 0.497. The largest absolute Gasteiger partial charge is 0.334 e. The van der Waals surface area contributed by atoms with Crippen molar-refractivity contribution in [1.82, 2.24) is 29.8 Å². The van der Waals surface area contributed by atoms with Crippen molar-refractivity contribution in [2.24, 2.45) is 0 Å². The molecule has 1 aromatic carbocycles. The quantitative estimate of drug-likeness (QED) is 0.556. The zero-order chi connectivity index (χ0) is 13.7. The second-order valence-electron chi connectivity index (χ2n) is 4.28. The van der Waals surface area contributed by atoms with Gasteiger partial charge >= 0.3 is 5.69 Å². The highest BCUT2D eigenvalue weighted by Gasteiger charge is 2.14. The number of benzene rings is 1. The second-order valence-corrected chi connectivity index (χ2v) is 5.19. The SMILES string of the molecule is O=c1[nH]c2[nH]ncc2c2nnc(-c3ccc(Br)cc3)n12. The van der Waals surface area contributed by atoms with Crippen LogP contribution >= 0.6 is 15.9 Å². The fraction of sp³-hybridized carbons (Fsp3) is 0. The first-order valence-corrected chi connectivity index (χ1v) is 6.60. The molecule has 0 unspecified atom stereocenters. The molecule has 0 spiro atoms. The van der Waals surface area contributed by atoms with E-state index in [0.717, 1.165) is 15.4 Å². The van der Waals surface area contributed by atoms with Crippen molar-refractivity contribution < 1.29 is 0 Å². The fourth-order valence-electron chi connectivity index (χ4n) is 2.15. The third-order valence-electron chi connectivity index (χ3n) is 3.08. The van der Waals surface area contributed by atoms with Crippen molar-refractivity contribution in [3.8, 4) is 11.4 Å². The van der Waals surface area contributed by atoms with E-state index in [0.29, 0.717) is 17.1 Å². The van der Waals surface area contributed by atoms with Crippen LogP contribution in [0.3, 0.4) is 0 Å². The van der Waals surface area contributed by atoms with Crippen LogP contribution in [0.4, 0.5) is 0 Å². The molecule has 0 aliphatic carbocycles. The first kappa shape index (κ1) is 11.4. The molecule has 98 valence electrons. The van der Waals surface area contributed by atoms with Crippen LogP contribution in [0, 0.1) is 0 Å². The van der Waals surface area contributed by atoms with Gasteiger partial charge in [-0.1, -0.05) is 28.1 Å². The van der Waals surface area contributed by atoms with Crippen molar-refractivity contribution in [1.29, 1.82) is 0 Å². The summed E-state index contributed by atoms with van der Waals surface area (Å²) in [6.07, 6.45) is 1.61. The van der Waals surface area contributed by atoms with Gasteiger partial charge in [0.25, 0.3) is 0 Å². The van der Waals surface area contributed by atoms with Gasteiger partial charge in [-0.3, -0.25) is 10.1 Å². The molecular weight excluding hydrogens is 324 g/mol. The number of aromatic amines is 2. The van der Waals surface area contributed by atoms with Crippen LogP contribution in [-0.2, 0) is 0 Å². The molecule has 8 heteroatoms. The first-order valence-electron chi connectivity index (χ1n) is 5.80. The van der Waals surface area contributed by atoms with Crippen LogP contribution in [0.2, 0.25) is 0 Å². The zero-order valence-corrected chi connectivity index (χ0v) is 11.5. The van der Waals surface area contributed by atoms with Gasteiger partial charge in [0.15, 0.2) is 11.5 Å². The smallest absolute Gasteiger partial charge is 0.291 e. The summed E-state index contributed by atoms with van der Waals surface area (Å²) in [6, 6.07) is 7.53. The Morgan fingerprint density at radius 2 is 1.95 bits per heavy atom. The number of halogens is 1. The van der Waals surface area contributed by atoms with Crippen molar-refractivity contribution in [3.05, 3.63) is 45.4 Å². The van der Waals surface area contributed by atoms with Crippen LogP contribution in [0.25, 0.3) is 28.1 Å². The van der Waals surface area contributed by atoms with Gasteiger partial charge in [-0.2, -0.15) is 5.10 Å². The van der Waals surface area contributed by atoms with Crippen molar-refractivity contribution >= 4 is 32.6 Å². The molecule has 0 bridgehead atoms. The van der Waals surface area contributed by atoms with Gasteiger partial charge < -0.3 is 0 Å². The van der Waals surface area contributed by atoms with E-state index in [4.69, 9.17) is 0 Å². The summed E-state index contributed by atoms with van der Waals surface area (Å²) >= 11 is 3.38. The Balaban J connectivity index is 2.11. The Hall–Kier alpha value is -2.48. The van der Waals surface area contributed by atoms with E-state index in [2.05, 4.69) is 41.3 Å². The number of rotatable bonds is 1. The predicted molar refractivity (Wildman–Crippen MR) is 76.4 cm³/mol. The van der Waals surface area contributed by atoms with Gasteiger partial charge in [0.05, 0.1) is 11.6 Å². The Morgan fingerprint density at radius 1 is 1.15 bits per heavy atom. The average molecular weight is 331 g/mol. The molecule has 0 saturated carbocycles. The minimum Gasteiger partial charge on any atom is -0.291 e. The number of aromatic nitrogens is 6. The molecule has 3 heterocycles. The van der Waals surface area contributed by atoms with Crippen molar-refractivity contribution in [2.75, 3.05) is 0 Å². The number of H-pyrrole nitrogens is 2. The number of hydrogen-bond acceptors (Lipinski definition) is 4. The monoisotopic (exact) mass is 330 g/mol. The summed E-state index contributed by atoms with van der Waals surface area (Å²) < 4.78 is 2.40. The topological polar surface area (TPSA) is 91.7 Å². The lowest BCUT2D eigenvalue weighted by atomic mass is 10.2. The Kier molecular flexibility index (Phi) is 2.27. The van der Waals surface area contributed by atoms with Crippen molar-refractivity contribution in [3.63, 3.8) is 0 Å². The van der Waals surface area contributed by atoms with Crippen LogP contribution in [0.1, 0.15) is 0 Å². The van der Waals surface area contributed by atoms with E-state index in [-0.39, 0.29) is 5.69 Å². The third kappa shape index (κ3) is 1.51. The maximum absolute atomic E-state index is 12.2. The molecule has 0 atom stereocenters. The molecule has 4 rings (SSSR count). The number of nitrogens with one attached hydrogen (secondary N) is 2. The van der Waals surface area contributed by atoms with E-state index in [1.807, 2.05) is 24.3 Å². The number of nitrogens with zero attached hydrogens (tertiary/aromatic N) is 4. The maximum Gasteiger partial charge on any atom is 0.334 e. The maximum atomic E-state index is 12.2. The molecule has 0 aliphatic rings. The second kappa shape index (κ2) is 4.01. The normalized spacial score (nSPS) is 11.4. The number of hydrogen-bond donors (Lipinski definition) is 2. The van der Waals surface area contributed by atoms with Crippen LogP contribution < -0.4 is 5.69 Å². The molecule has 3 aromatic heterocycles. The summed E-state index contributed by atoms with van der Waals surface area (Å²) in [7, 11) is 0.